The van der Waals surface area contributed by atoms with E-state index < -0.39 is 0 Å². The molecule has 0 bridgehead atoms. The number of ether oxygens (including phenoxy) is 2. The second-order valence-electron chi connectivity index (χ2n) is 7.12. The number of halogens is 1. The molecule has 156 valence electrons. The number of hydrogen-bond acceptors (Lipinski definition) is 3. The van der Waals surface area contributed by atoms with Crippen molar-refractivity contribution in [3.63, 3.8) is 0 Å². The van der Waals surface area contributed by atoms with E-state index >= 15 is 0 Å². The molecule has 0 spiro atoms. The maximum Gasteiger partial charge on any atom is 0.322 e. The monoisotopic (exact) mass is 425 g/mol. The van der Waals surface area contributed by atoms with Gasteiger partial charge in [0.1, 0.15) is 11.5 Å². The highest BCUT2D eigenvalue weighted by Crippen LogP contribution is 2.34. The first-order valence-corrected chi connectivity index (χ1v) is 10.2. The van der Waals surface area contributed by atoms with Crippen LogP contribution in [0.4, 0.5) is 10.5 Å². The molecule has 1 aliphatic rings. The fourth-order valence-corrected chi connectivity index (χ4v) is 4.01. The Hall–Kier alpha value is -3.12. The predicted molar refractivity (Wildman–Crippen MR) is 118 cm³/mol. The summed E-state index contributed by atoms with van der Waals surface area (Å²) in [5.41, 5.74) is 2.68. The number of fused-ring (bicyclic) bond motifs is 1. The highest BCUT2D eigenvalue weighted by Gasteiger charge is 2.31. The van der Waals surface area contributed by atoms with Gasteiger partial charge in [0, 0.05) is 36.1 Å². The number of urea groups is 1. The summed E-state index contributed by atoms with van der Waals surface area (Å²) >= 11 is 6.10. The summed E-state index contributed by atoms with van der Waals surface area (Å²) in [7, 11) is 3.16. The lowest BCUT2D eigenvalue weighted by atomic mass is 10.0. The standard InChI is InChI=1S/C23H24ClN3O3/c1-29-18-10-11-19(21(15-18)30-2)25-23(28)27-14-4-13-26-12-3-5-20(26)22(27)16-6-8-17(24)9-7-16/h3,5-12,15,22H,4,13-14H2,1-2H3,(H,25,28). The molecule has 0 saturated heterocycles. The van der Waals surface area contributed by atoms with E-state index in [4.69, 9.17) is 21.1 Å². The number of aryl methyl sites for hydroxylation is 1. The topological polar surface area (TPSA) is 55.7 Å². The number of carbonyl (C=O) groups is 1. The van der Waals surface area contributed by atoms with Crippen molar-refractivity contribution in [1.29, 1.82) is 0 Å². The zero-order valence-corrected chi connectivity index (χ0v) is 17.7. The molecule has 0 radical (unpaired) electrons. The van der Waals surface area contributed by atoms with Gasteiger partial charge in [-0.15, -0.1) is 0 Å². The average Bonchev–Trinajstić information content (AvgIpc) is 3.14. The van der Waals surface area contributed by atoms with Gasteiger partial charge < -0.3 is 24.3 Å². The Bertz CT molecular complexity index is 1030. The number of aromatic nitrogens is 1. The predicted octanol–water partition coefficient (Wildman–Crippen LogP) is 5.19. The Morgan fingerprint density at radius 2 is 1.87 bits per heavy atom. The number of rotatable bonds is 4. The van der Waals surface area contributed by atoms with E-state index in [2.05, 4.69) is 22.1 Å². The molecule has 30 heavy (non-hydrogen) atoms. The molecule has 4 rings (SSSR count). The van der Waals surface area contributed by atoms with Gasteiger partial charge in [-0.05, 0) is 48.4 Å². The van der Waals surface area contributed by atoms with E-state index in [1.807, 2.05) is 35.2 Å². The van der Waals surface area contributed by atoms with Crippen LogP contribution >= 0.6 is 11.6 Å². The Kier molecular flexibility index (Phi) is 5.86. The van der Waals surface area contributed by atoms with Gasteiger partial charge in [-0.2, -0.15) is 0 Å². The number of amides is 2. The minimum absolute atomic E-state index is 0.187. The van der Waals surface area contributed by atoms with Crippen molar-refractivity contribution >= 4 is 23.3 Å². The van der Waals surface area contributed by atoms with Crippen LogP contribution < -0.4 is 14.8 Å². The molecule has 0 saturated carbocycles. The van der Waals surface area contributed by atoms with Crippen LogP contribution in [-0.2, 0) is 6.54 Å². The third-order valence-electron chi connectivity index (χ3n) is 5.35. The quantitative estimate of drug-likeness (QED) is 0.626. The molecule has 7 heteroatoms. The number of anilines is 1. The van der Waals surface area contributed by atoms with Gasteiger partial charge in [-0.3, -0.25) is 0 Å². The number of benzene rings is 2. The maximum atomic E-state index is 13.4. The first kappa shape index (κ1) is 20.2. The Morgan fingerprint density at radius 3 is 2.60 bits per heavy atom. The number of nitrogens with one attached hydrogen (secondary N) is 1. The first-order valence-electron chi connectivity index (χ1n) is 9.81. The maximum absolute atomic E-state index is 13.4. The third-order valence-corrected chi connectivity index (χ3v) is 5.60. The van der Waals surface area contributed by atoms with Gasteiger partial charge in [-0.1, -0.05) is 23.7 Å². The van der Waals surface area contributed by atoms with Crippen molar-refractivity contribution in [2.45, 2.75) is 19.0 Å². The van der Waals surface area contributed by atoms with Crippen molar-refractivity contribution in [1.82, 2.24) is 9.47 Å². The summed E-state index contributed by atoms with van der Waals surface area (Å²) in [6, 6.07) is 16.7. The Balaban J connectivity index is 1.68. The molecule has 0 aliphatic carbocycles. The summed E-state index contributed by atoms with van der Waals surface area (Å²) in [6.45, 7) is 1.49. The van der Waals surface area contributed by atoms with Crippen LogP contribution in [0.2, 0.25) is 5.02 Å². The van der Waals surface area contributed by atoms with Crippen LogP contribution in [0.15, 0.2) is 60.8 Å². The largest absolute Gasteiger partial charge is 0.497 e. The van der Waals surface area contributed by atoms with Crippen molar-refractivity contribution < 1.29 is 14.3 Å². The van der Waals surface area contributed by atoms with E-state index in [-0.39, 0.29) is 12.1 Å². The molecular weight excluding hydrogens is 402 g/mol. The molecule has 1 aliphatic heterocycles. The minimum Gasteiger partial charge on any atom is -0.497 e. The molecule has 3 aromatic rings. The van der Waals surface area contributed by atoms with Crippen LogP contribution in [0.1, 0.15) is 23.7 Å². The van der Waals surface area contributed by atoms with Gasteiger partial charge in [0.15, 0.2) is 0 Å². The lowest BCUT2D eigenvalue weighted by Crippen LogP contribution is -2.38. The molecular formula is C23H24ClN3O3. The van der Waals surface area contributed by atoms with Gasteiger partial charge in [0.2, 0.25) is 0 Å². The smallest absolute Gasteiger partial charge is 0.322 e. The molecule has 1 unspecified atom stereocenters. The van der Waals surface area contributed by atoms with Gasteiger partial charge in [-0.25, -0.2) is 4.79 Å². The average molecular weight is 426 g/mol. The van der Waals surface area contributed by atoms with Gasteiger partial charge in [0.25, 0.3) is 0 Å². The normalized spacial score (nSPS) is 15.8. The first-order chi connectivity index (χ1) is 14.6. The van der Waals surface area contributed by atoms with E-state index in [9.17, 15) is 4.79 Å². The molecule has 2 heterocycles. The van der Waals surface area contributed by atoms with Crippen LogP contribution in [0.3, 0.4) is 0 Å². The van der Waals surface area contributed by atoms with E-state index in [1.54, 1.807) is 32.4 Å². The van der Waals surface area contributed by atoms with Crippen LogP contribution in [-0.4, -0.2) is 36.3 Å². The minimum atomic E-state index is -0.219. The molecule has 0 fully saturated rings. The number of hydrogen-bond donors (Lipinski definition) is 1. The lowest BCUT2D eigenvalue weighted by Gasteiger charge is -2.31. The van der Waals surface area contributed by atoms with Crippen molar-refractivity contribution in [3.8, 4) is 11.5 Å². The van der Waals surface area contributed by atoms with E-state index in [0.29, 0.717) is 28.8 Å². The fraction of sp³-hybridized carbons (Fsp3) is 0.261. The van der Waals surface area contributed by atoms with E-state index in [1.165, 1.54) is 0 Å². The highest BCUT2D eigenvalue weighted by atomic mass is 35.5. The van der Waals surface area contributed by atoms with Gasteiger partial charge >= 0.3 is 6.03 Å². The second-order valence-corrected chi connectivity index (χ2v) is 7.56. The van der Waals surface area contributed by atoms with Crippen molar-refractivity contribution in [2.24, 2.45) is 0 Å². The lowest BCUT2D eigenvalue weighted by molar-refractivity contribution is 0.199. The summed E-state index contributed by atoms with van der Waals surface area (Å²) in [5, 5.41) is 3.68. The SMILES string of the molecule is COc1ccc(NC(=O)N2CCCn3cccc3C2c2ccc(Cl)cc2)c(OC)c1. The molecule has 6 nitrogen and oxygen atoms in total. The zero-order chi connectivity index (χ0) is 21.1. The van der Waals surface area contributed by atoms with Crippen molar-refractivity contribution in [2.75, 3.05) is 26.1 Å². The summed E-state index contributed by atoms with van der Waals surface area (Å²) in [4.78, 5) is 15.3. The number of carbonyl (C=O) groups excluding carboxylic acids is 1. The Morgan fingerprint density at radius 1 is 1.07 bits per heavy atom. The summed E-state index contributed by atoms with van der Waals surface area (Å²) in [6.07, 6.45) is 2.92. The number of nitrogens with zero attached hydrogens (tertiary/aromatic N) is 2. The number of methoxy groups -OCH3 is 2. The van der Waals surface area contributed by atoms with E-state index in [0.717, 1.165) is 24.2 Å². The zero-order valence-electron chi connectivity index (χ0n) is 17.0. The third kappa shape index (κ3) is 3.96. The summed E-state index contributed by atoms with van der Waals surface area (Å²) in [5.74, 6) is 1.21. The molecule has 1 aromatic heterocycles. The summed E-state index contributed by atoms with van der Waals surface area (Å²) < 4.78 is 12.9. The molecule has 2 aromatic carbocycles. The molecule has 1 N–H and O–H groups in total. The van der Waals surface area contributed by atoms with Crippen LogP contribution in [0.5, 0.6) is 11.5 Å². The van der Waals surface area contributed by atoms with Gasteiger partial charge in [0.05, 0.1) is 25.9 Å². The highest BCUT2D eigenvalue weighted by molar-refractivity contribution is 6.30. The van der Waals surface area contributed by atoms with Crippen molar-refractivity contribution in [3.05, 3.63) is 77.1 Å². The second kappa shape index (κ2) is 8.71. The van der Waals surface area contributed by atoms with Crippen LogP contribution in [0, 0.1) is 0 Å². The molecule has 1 atom stereocenters. The van der Waals surface area contributed by atoms with Crippen LogP contribution in [0.25, 0.3) is 0 Å². The fourth-order valence-electron chi connectivity index (χ4n) is 3.88. The molecule has 2 amide bonds. The Labute approximate surface area is 181 Å².